The van der Waals surface area contributed by atoms with Crippen LogP contribution in [0.3, 0.4) is 0 Å². The first-order valence-corrected chi connectivity index (χ1v) is 18.8. The minimum Gasteiger partial charge on any atom is -0.414 e. The summed E-state index contributed by atoms with van der Waals surface area (Å²) in [4.78, 5) is 0. The van der Waals surface area contributed by atoms with E-state index in [-0.39, 0.29) is 10.8 Å². The third-order valence-corrected chi connectivity index (χ3v) is 18.1. The fourth-order valence-corrected chi connectivity index (χ4v) is 11.7. The van der Waals surface area contributed by atoms with Crippen molar-refractivity contribution in [3.05, 3.63) is 11.6 Å². The van der Waals surface area contributed by atoms with Gasteiger partial charge in [-0.25, -0.2) is 0 Å². The molecule has 0 aromatic carbocycles. The molecule has 0 unspecified atom stereocenters. The Morgan fingerprint density at radius 2 is 1.76 bits per heavy atom. The molecule has 0 N–H and O–H groups in total. The van der Waals surface area contributed by atoms with E-state index in [4.69, 9.17) is 13.9 Å². The Kier molecular flexibility index (Phi) is 6.33. The lowest BCUT2D eigenvalue weighted by atomic mass is 9.47. The van der Waals surface area contributed by atoms with Gasteiger partial charge in [-0.05, 0) is 110 Å². The molecule has 4 heteroatoms. The second-order valence-corrected chi connectivity index (χ2v) is 21.3. The zero-order chi connectivity index (χ0) is 26.6. The third kappa shape index (κ3) is 3.96. The Morgan fingerprint density at radius 1 is 1.00 bits per heavy atom. The van der Waals surface area contributed by atoms with Crippen LogP contribution in [-0.4, -0.2) is 32.9 Å². The maximum Gasteiger partial charge on any atom is 0.192 e. The average molecular weight is 529 g/mol. The number of fused-ring (bicyclic) bond motifs is 7. The highest BCUT2D eigenvalue weighted by atomic mass is 28.4. The van der Waals surface area contributed by atoms with Crippen molar-refractivity contribution in [3.63, 3.8) is 0 Å². The highest BCUT2D eigenvalue weighted by Crippen LogP contribution is 2.70. The summed E-state index contributed by atoms with van der Waals surface area (Å²) in [6.45, 7) is 23.0. The molecule has 5 fully saturated rings. The first kappa shape index (κ1) is 27.0. The predicted octanol–water partition coefficient (Wildman–Crippen LogP) is 8.74. The Hall–Kier alpha value is -0.163. The molecule has 2 heterocycles. The molecular formula is C33H56O3Si. The van der Waals surface area contributed by atoms with E-state index in [1.807, 2.05) is 0 Å². The number of rotatable bonds is 2. The van der Waals surface area contributed by atoms with Gasteiger partial charge < -0.3 is 13.9 Å². The average Bonchev–Trinajstić information content (AvgIpc) is 3.25. The third-order valence-electron chi connectivity index (χ3n) is 13.6. The fraction of sp³-hybridized carbons (Fsp3) is 0.939. The highest BCUT2D eigenvalue weighted by molar-refractivity contribution is 6.74. The van der Waals surface area contributed by atoms with Gasteiger partial charge in [0.1, 0.15) is 0 Å². The first-order chi connectivity index (χ1) is 17.2. The quantitative estimate of drug-likeness (QED) is 0.265. The molecule has 6 aliphatic rings. The van der Waals surface area contributed by atoms with Gasteiger partial charge in [0.15, 0.2) is 14.1 Å². The SMILES string of the molecule is C[C@@H]1CC[C@@]2(OC1)O[C@H]1C[C@H]3[C@@H]4CC=C5C[C@@H](O[Si](C)(C)C(C)(C)C)CC[C@]5(C)[C@H]4CC[C@]3(C)[C@H]1[C@@H]2C. The fourth-order valence-electron chi connectivity index (χ4n) is 10.3. The van der Waals surface area contributed by atoms with Crippen molar-refractivity contribution in [3.8, 4) is 0 Å². The lowest BCUT2D eigenvalue weighted by Gasteiger charge is -2.59. The predicted molar refractivity (Wildman–Crippen MR) is 154 cm³/mol. The van der Waals surface area contributed by atoms with Gasteiger partial charge in [-0.1, -0.05) is 60.1 Å². The van der Waals surface area contributed by atoms with Gasteiger partial charge in [0.25, 0.3) is 0 Å². The summed E-state index contributed by atoms with van der Waals surface area (Å²) < 4.78 is 20.5. The number of ether oxygens (including phenoxy) is 2. The van der Waals surface area contributed by atoms with E-state index in [1.165, 1.54) is 51.4 Å². The Bertz CT molecular complexity index is 926. The Morgan fingerprint density at radius 3 is 2.43 bits per heavy atom. The molecule has 0 aromatic rings. The van der Waals surface area contributed by atoms with Gasteiger partial charge in [0.2, 0.25) is 0 Å². The molecule has 3 nitrogen and oxygen atoms in total. The summed E-state index contributed by atoms with van der Waals surface area (Å²) in [6, 6.07) is 0. The van der Waals surface area contributed by atoms with Crippen LogP contribution in [0.1, 0.15) is 106 Å². The van der Waals surface area contributed by atoms with E-state index in [1.54, 1.807) is 5.57 Å². The van der Waals surface area contributed by atoms with Crippen molar-refractivity contribution >= 4 is 8.32 Å². The molecule has 2 saturated heterocycles. The van der Waals surface area contributed by atoms with E-state index >= 15 is 0 Å². The smallest absolute Gasteiger partial charge is 0.192 e. The van der Waals surface area contributed by atoms with Crippen LogP contribution in [0.15, 0.2) is 11.6 Å². The van der Waals surface area contributed by atoms with E-state index in [0.717, 1.165) is 30.8 Å². The minimum absolute atomic E-state index is 0.285. The standard InChI is InChI=1S/C33H56O3Si/c1-21-12-17-33(34-20-21)22(2)29-28(35-33)19-27-25-11-10-23-18-24(36-37(8,9)30(3,4)5)13-15-31(23,6)26(25)14-16-32(27,29)7/h10,21-22,24-29H,11-20H2,1-9H3/t21-,22+,24+,25-,26+,27+,28+,29+,31+,32+,33-/m1/s1. The van der Waals surface area contributed by atoms with Crippen molar-refractivity contribution < 1.29 is 13.9 Å². The van der Waals surface area contributed by atoms with Gasteiger partial charge in [-0.2, -0.15) is 0 Å². The Labute approximate surface area is 229 Å². The molecule has 3 saturated carbocycles. The topological polar surface area (TPSA) is 27.7 Å². The van der Waals surface area contributed by atoms with Crippen LogP contribution in [0.25, 0.3) is 0 Å². The van der Waals surface area contributed by atoms with Crippen molar-refractivity contribution in [2.75, 3.05) is 6.61 Å². The number of hydrogen-bond donors (Lipinski definition) is 0. The lowest BCUT2D eigenvalue weighted by Crippen LogP contribution is -2.53. The van der Waals surface area contributed by atoms with Gasteiger partial charge in [-0.15, -0.1) is 0 Å². The molecule has 210 valence electrons. The molecule has 0 amide bonds. The molecule has 1 spiro atoms. The van der Waals surface area contributed by atoms with Crippen molar-refractivity contribution in [1.82, 2.24) is 0 Å². The van der Waals surface area contributed by atoms with Gasteiger partial charge >= 0.3 is 0 Å². The summed E-state index contributed by atoms with van der Waals surface area (Å²) in [6.07, 6.45) is 15.0. The van der Waals surface area contributed by atoms with Crippen molar-refractivity contribution in [2.24, 2.45) is 46.3 Å². The largest absolute Gasteiger partial charge is 0.414 e. The van der Waals surface area contributed by atoms with E-state index in [0.29, 0.717) is 40.8 Å². The maximum atomic E-state index is 6.98. The van der Waals surface area contributed by atoms with E-state index < -0.39 is 8.32 Å². The van der Waals surface area contributed by atoms with Gasteiger partial charge in [0, 0.05) is 18.4 Å². The second-order valence-electron chi connectivity index (χ2n) is 16.5. The van der Waals surface area contributed by atoms with Gasteiger partial charge in [0.05, 0.1) is 12.7 Å². The summed E-state index contributed by atoms with van der Waals surface area (Å²) in [5, 5.41) is 0.285. The molecule has 11 atom stereocenters. The molecule has 2 aliphatic heterocycles. The van der Waals surface area contributed by atoms with E-state index in [2.05, 4.69) is 67.6 Å². The maximum absolute atomic E-state index is 6.98. The van der Waals surface area contributed by atoms with Crippen LogP contribution < -0.4 is 0 Å². The summed E-state index contributed by atoms with van der Waals surface area (Å²) in [7, 11) is -1.73. The van der Waals surface area contributed by atoms with Crippen LogP contribution >= 0.6 is 0 Å². The second kappa shape index (κ2) is 8.67. The zero-order valence-electron chi connectivity index (χ0n) is 25.5. The molecule has 0 bridgehead atoms. The minimum atomic E-state index is -1.73. The summed E-state index contributed by atoms with van der Waals surface area (Å²) in [5.41, 5.74) is 2.54. The highest BCUT2D eigenvalue weighted by Gasteiger charge is 2.68. The summed E-state index contributed by atoms with van der Waals surface area (Å²) in [5.74, 6) is 4.04. The molecule has 0 radical (unpaired) electrons. The molecule has 4 aliphatic carbocycles. The zero-order valence-corrected chi connectivity index (χ0v) is 26.5. The molecular weight excluding hydrogens is 472 g/mol. The van der Waals surface area contributed by atoms with E-state index in [9.17, 15) is 0 Å². The Balaban J connectivity index is 1.20. The monoisotopic (exact) mass is 528 g/mol. The number of allylic oxidation sites excluding steroid dienone is 1. The van der Waals surface area contributed by atoms with Crippen molar-refractivity contribution in [2.45, 2.75) is 142 Å². The summed E-state index contributed by atoms with van der Waals surface area (Å²) >= 11 is 0. The van der Waals surface area contributed by atoms with Crippen LogP contribution in [0.4, 0.5) is 0 Å². The number of hydrogen-bond acceptors (Lipinski definition) is 3. The first-order valence-electron chi connectivity index (χ1n) is 15.9. The van der Waals surface area contributed by atoms with Crippen molar-refractivity contribution in [1.29, 1.82) is 0 Å². The van der Waals surface area contributed by atoms with Crippen LogP contribution in [0.2, 0.25) is 18.1 Å². The lowest BCUT2D eigenvalue weighted by molar-refractivity contribution is -0.272. The van der Waals surface area contributed by atoms with Crippen LogP contribution in [0.5, 0.6) is 0 Å². The van der Waals surface area contributed by atoms with Gasteiger partial charge in [-0.3, -0.25) is 0 Å². The molecule has 6 rings (SSSR count). The normalized spacial score (nSPS) is 51.8. The van der Waals surface area contributed by atoms with Crippen LogP contribution in [-0.2, 0) is 13.9 Å². The molecule has 0 aromatic heterocycles. The van der Waals surface area contributed by atoms with Crippen LogP contribution in [0, 0.1) is 46.3 Å². The molecule has 37 heavy (non-hydrogen) atoms.